The van der Waals surface area contributed by atoms with E-state index in [0.717, 1.165) is 0 Å². The minimum Gasteiger partial charge on any atom is -0.390 e. The topological polar surface area (TPSA) is 364 Å². The number of hydrogen-bond acceptors (Lipinski definition) is 17. The Labute approximate surface area is 259 Å². The van der Waals surface area contributed by atoms with Gasteiger partial charge in [0.25, 0.3) is 5.91 Å². The van der Waals surface area contributed by atoms with E-state index < -0.39 is 96.2 Å². The van der Waals surface area contributed by atoms with Crippen LogP contribution in [0.1, 0.15) is 39.5 Å². The highest BCUT2D eigenvalue weighted by Gasteiger charge is 2.50. The van der Waals surface area contributed by atoms with E-state index in [9.17, 15) is 71.4 Å². The molecule has 2 aliphatic rings. The van der Waals surface area contributed by atoms with E-state index >= 15 is 0 Å². The van der Waals surface area contributed by atoms with Gasteiger partial charge in [0.2, 0.25) is 5.91 Å². The van der Waals surface area contributed by atoms with Crippen molar-refractivity contribution in [1.82, 2.24) is 5.32 Å². The van der Waals surface area contributed by atoms with E-state index in [4.69, 9.17) is 4.74 Å². The van der Waals surface area contributed by atoms with Crippen LogP contribution in [0.25, 0.3) is 0 Å². The van der Waals surface area contributed by atoms with Crippen LogP contribution in [0.5, 0.6) is 0 Å². The summed E-state index contributed by atoms with van der Waals surface area (Å²) in [6.45, 7) is 1.65. The number of unbranched alkanes of at least 4 members (excludes halogenated alkanes) is 2. The fourth-order valence-corrected chi connectivity index (χ4v) is 11.4. The van der Waals surface area contributed by atoms with Crippen LogP contribution in [-0.2, 0) is 72.3 Å². The van der Waals surface area contributed by atoms with Gasteiger partial charge in [0, 0.05) is 12.0 Å². The number of amides is 2. The van der Waals surface area contributed by atoms with Crippen molar-refractivity contribution in [3.63, 3.8) is 0 Å². The summed E-state index contributed by atoms with van der Waals surface area (Å²) in [5, 5.41) is 12.2. The van der Waals surface area contributed by atoms with Gasteiger partial charge in [0.05, 0.1) is 31.3 Å². The van der Waals surface area contributed by atoms with E-state index in [0.29, 0.717) is 12.8 Å². The van der Waals surface area contributed by atoms with Crippen LogP contribution in [0.15, 0.2) is 11.6 Å². The third-order valence-corrected chi connectivity index (χ3v) is 14.7. The van der Waals surface area contributed by atoms with Crippen LogP contribution >= 0.6 is 46.9 Å². The molecule has 24 nitrogen and oxygen atoms in total. The summed E-state index contributed by atoms with van der Waals surface area (Å²) < 4.78 is 104. The molecule has 30 heteroatoms. The predicted molar refractivity (Wildman–Crippen MR) is 145 cm³/mol. The molecule has 2 aliphatic heterocycles. The van der Waals surface area contributed by atoms with E-state index in [-0.39, 0.29) is 18.4 Å². The smallest absolute Gasteiger partial charge is 0.390 e. The molecule has 0 saturated carbocycles. The number of rotatable bonds is 19. The molecule has 0 spiro atoms. The molecule has 10 atom stereocenters. The number of imide groups is 1. The highest BCUT2D eigenvalue weighted by molar-refractivity contribution is 7.72. The Morgan fingerprint density at radius 1 is 0.783 bits per heavy atom. The second kappa shape index (κ2) is 16.1. The summed E-state index contributed by atoms with van der Waals surface area (Å²) in [5.74, 6) is -2.46. The van der Waals surface area contributed by atoms with Crippen molar-refractivity contribution in [3.8, 4) is 0 Å². The molecular formula is C16H31NO23P6. The lowest BCUT2D eigenvalue weighted by Crippen LogP contribution is -2.44. The lowest BCUT2D eigenvalue weighted by molar-refractivity contribution is -0.134. The molecule has 8 N–H and O–H groups in total. The van der Waals surface area contributed by atoms with Gasteiger partial charge < -0.3 is 39.2 Å². The maximum absolute atomic E-state index is 12.2. The molecular weight excluding hydrogens is 760 g/mol. The highest BCUT2D eigenvalue weighted by Crippen LogP contribution is 2.75. The van der Waals surface area contributed by atoms with Crippen LogP contribution in [0.3, 0.4) is 0 Å². The van der Waals surface area contributed by atoms with Gasteiger partial charge in [0.1, 0.15) is 6.10 Å². The molecule has 0 aromatic rings. The quantitative estimate of drug-likeness (QED) is 0.0523. The Balaban J connectivity index is 1.95. The molecule has 0 radical (unpaired) electrons. The zero-order chi connectivity index (χ0) is 35.4. The predicted octanol–water partition coefficient (Wildman–Crippen LogP) is 1.63. The molecule has 0 bridgehead atoms. The van der Waals surface area contributed by atoms with Crippen molar-refractivity contribution in [2.45, 2.75) is 57.8 Å². The van der Waals surface area contributed by atoms with Crippen molar-refractivity contribution >= 4 is 58.8 Å². The summed E-state index contributed by atoms with van der Waals surface area (Å²) in [7, 11) is -36.4. The second-order valence-electron chi connectivity index (χ2n) is 9.27. The Morgan fingerprint density at radius 2 is 1.24 bits per heavy atom. The van der Waals surface area contributed by atoms with Crippen LogP contribution in [0.4, 0.5) is 0 Å². The van der Waals surface area contributed by atoms with Crippen molar-refractivity contribution in [2.24, 2.45) is 5.92 Å². The summed E-state index contributed by atoms with van der Waals surface area (Å²) in [6, 6.07) is 0. The van der Waals surface area contributed by atoms with Crippen molar-refractivity contribution < 1.29 is 107 Å². The first-order valence-electron chi connectivity index (χ1n) is 12.5. The van der Waals surface area contributed by atoms with E-state index in [1.807, 2.05) is 0 Å². The minimum absolute atomic E-state index is 0.168. The number of carbonyl (C=O) groups is 2. The maximum atomic E-state index is 12.2. The number of phosphoric acid groups is 6. The van der Waals surface area contributed by atoms with Crippen LogP contribution in [0.2, 0.25) is 0 Å². The van der Waals surface area contributed by atoms with Gasteiger partial charge in [-0.25, -0.2) is 27.4 Å². The highest BCUT2D eigenvalue weighted by atomic mass is 31.3. The van der Waals surface area contributed by atoms with Gasteiger partial charge in [0.15, 0.2) is 0 Å². The standard InChI is InChI=1S/C16H31NO23P6/c1-3-4-5-6-33-41(21,22)36-43(25,26)38-45(29,30)40-46(31,32)39-44(27,28)37-42(23,24)34-9-14-12(18)8-13(35-14)11-7-10(2)15(19)17-16(11)20/h7,11-14,18H,3-6,8-9H2,1-2H3,(H,21,22)(H,23,24)(H,25,26)(H,27,28)(H,29,30)(H,31,32)(H,17,19,20)/t11?,12?,13-,14-/m1/s1. The number of phosphoric ester groups is 2. The van der Waals surface area contributed by atoms with Crippen LogP contribution in [-0.4, -0.2) is 77.8 Å². The molecule has 0 aliphatic carbocycles. The van der Waals surface area contributed by atoms with Gasteiger partial charge in [-0.15, -0.1) is 0 Å². The van der Waals surface area contributed by atoms with Crippen LogP contribution in [0, 0.1) is 5.92 Å². The Morgan fingerprint density at radius 3 is 1.72 bits per heavy atom. The maximum Gasteiger partial charge on any atom is 0.490 e. The molecule has 268 valence electrons. The molecule has 1 saturated heterocycles. The van der Waals surface area contributed by atoms with E-state index in [1.165, 1.54) is 13.0 Å². The number of aliphatic hydroxyl groups excluding tert-OH is 1. The van der Waals surface area contributed by atoms with E-state index in [2.05, 4.69) is 35.9 Å². The molecule has 2 rings (SSSR count). The first kappa shape index (κ1) is 41.8. The second-order valence-corrected chi connectivity index (χ2v) is 18.7. The molecule has 2 amide bonds. The Hall–Kier alpha value is -0.340. The summed E-state index contributed by atoms with van der Waals surface area (Å²) in [4.78, 5) is 81.0. The van der Waals surface area contributed by atoms with Gasteiger partial charge in [-0.1, -0.05) is 25.8 Å². The fourth-order valence-electron chi connectivity index (χ4n) is 3.59. The van der Waals surface area contributed by atoms with Crippen molar-refractivity contribution in [3.05, 3.63) is 11.6 Å². The Bertz CT molecular complexity index is 1460. The van der Waals surface area contributed by atoms with Gasteiger partial charge in [-0.3, -0.25) is 24.0 Å². The SMILES string of the molecule is CCCCCOP(=O)(O)OP(=O)(O)OP(=O)(O)OP(=O)(O)OP(=O)(O)OP(=O)(O)OC[C@H]1O[C@@H](C2C=C(C)C(=O)NC2=O)CC1O. The molecule has 1 fully saturated rings. The first-order valence-corrected chi connectivity index (χ1v) is 21.4. The zero-order valence-electron chi connectivity index (χ0n) is 23.5. The third kappa shape index (κ3) is 14.3. The minimum atomic E-state index is -6.42. The number of aliphatic hydroxyl groups is 1. The fraction of sp³-hybridized carbons (Fsp3) is 0.750. The monoisotopic (exact) mass is 791 g/mol. The van der Waals surface area contributed by atoms with Crippen molar-refractivity contribution in [2.75, 3.05) is 13.2 Å². The summed E-state index contributed by atoms with van der Waals surface area (Å²) in [5.41, 5.74) is 0.168. The molecule has 0 aromatic carbocycles. The number of hydrogen-bond donors (Lipinski definition) is 8. The normalized spacial score (nSPS) is 30.1. The summed E-state index contributed by atoms with van der Waals surface area (Å²) in [6.07, 6.45) is -1.54. The molecule has 8 unspecified atom stereocenters. The summed E-state index contributed by atoms with van der Waals surface area (Å²) >= 11 is 0. The molecule has 46 heavy (non-hydrogen) atoms. The zero-order valence-corrected chi connectivity index (χ0v) is 28.8. The number of carbonyl (C=O) groups excluding carboxylic acids is 2. The third-order valence-electron chi connectivity index (χ3n) is 5.42. The number of ether oxygens (including phenoxy) is 1. The Kier molecular flexibility index (Phi) is 14.7. The molecule has 0 aromatic heterocycles. The lowest BCUT2D eigenvalue weighted by Gasteiger charge is -2.24. The largest absolute Gasteiger partial charge is 0.490 e. The first-order chi connectivity index (χ1) is 20.8. The van der Waals surface area contributed by atoms with E-state index in [1.54, 1.807) is 6.92 Å². The van der Waals surface area contributed by atoms with Crippen molar-refractivity contribution in [1.29, 1.82) is 0 Å². The van der Waals surface area contributed by atoms with Gasteiger partial charge in [-0.05, 0) is 13.3 Å². The van der Waals surface area contributed by atoms with Crippen LogP contribution < -0.4 is 5.32 Å². The average molecular weight is 791 g/mol. The van der Waals surface area contributed by atoms with Gasteiger partial charge in [-0.2, -0.15) is 21.6 Å². The average Bonchev–Trinajstić information content (AvgIpc) is 3.19. The molecule has 2 heterocycles. The number of nitrogens with one attached hydrogen (secondary N) is 1. The van der Waals surface area contributed by atoms with Gasteiger partial charge >= 0.3 is 46.9 Å². The lowest BCUT2D eigenvalue weighted by atomic mass is 9.93.